The van der Waals surface area contributed by atoms with Crippen molar-refractivity contribution in [3.63, 3.8) is 0 Å². The highest BCUT2D eigenvalue weighted by Gasteiger charge is 2.07. The van der Waals surface area contributed by atoms with Crippen molar-refractivity contribution in [1.82, 2.24) is 4.90 Å². The smallest absolute Gasteiger partial charge is 0.223 e. The van der Waals surface area contributed by atoms with Crippen LogP contribution in [0.5, 0.6) is 0 Å². The number of carbonyl (C=O) groups is 1. The molecule has 0 rings (SSSR count). The first-order chi connectivity index (χ1) is 5.57. The second kappa shape index (κ2) is 6.26. The van der Waals surface area contributed by atoms with Crippen LogP contribution in [0.2, 0.25) is 0 Å². The highest BCUT2D eigenvalue weighted by atomic mass is 35.5. The number of aliphatic hydroxyl groups excluding tert-OH is 1. The van der Waals surface area contributed by atoms with Crippen molar-refractivity contribution in [2.75, 3.05) is 19.5 Å². The molecule has 0 saturated heterocycles. The van der Waals surface area contributed by atoms with E-state index in [1.807, 2.05) is 0 Å². The average molecular weight is 194 g/mol. The minimum absolute atomic E-state index is 0.0330. The van der Waals surface area contributed by atoms with Crippen LogP contribution in [0.1, 0.15) is 19.8 Å². The molecule has 1 unspecified atom stereocenters. The van der Waals surface area contributed by atoms with Gasteiger partial charge in [-0.15, -0.1) is 11.6 Å². The number of hydrogen-bond donors (Lipinski definition) is 1. The van der Waals surface area contributed by atoms with E-state index in [1.165, 1.54) is 0 Å². The molecule has 0 fully saturated rings. The van der Waals surface area contributed by atoms with Crippen LogP contribution < -0.4 is 0 Å². The van der Waals surface area contributed by atoms with E-state index < -0.39 is 0 Å². The van der Waals surface area contributed by atoms with Gasteiger partial charge in [-0.25, -0.2) is 0 Å². The number of halogens is 1. The number of carbonyl (C=O) groups excluding carboxylic acids is 1. The molecule has 72 valence electrons. The van der Waals surface area contributed by atoms with Crippen molar-refractivity contribution in [2.45, 2.75) is 25.9 Å². The number of alkyl halides is 1. The average Bonchev–Trinajstić information content (AvgIpc) is 2.00. The number of nitrogens with zero attached hydrogens (tertiary/aromatic N) is 1. The van der Waals surface area contributed by atoms with Crippen LogP contribution in [0, 0.1) is 0 Å². The minimum Gasteiger partial charge on any atom is -0.393 e. The van der Waals surface area contributed by atoms with Crippen molar-refractivity contribution in [3.05, 3.63) is 0 Å². The Morgan fingerprint density at radius 1 is 1.67 bits per heavy atom. The molecule has 0 aromatic rings. The molecule has 0 aliphatic carbocycles. The molecule has 1 atom stereocenters. The topological polar surface area (TPSA) is 40.5 Å². The molecule has 0 aromatic heterocycles. The monoisotopic (exact) mass is 193 g/mol. The molecule has 0 saturated carbocycles. The molecule has 0 aromatic carbocycles. The maximum Gasteiger partial charge on any atom is 0.223 e. The van der Waals surface area contributed by atoms with Gasteiger partial charge in [0.2, 0.25) is 5.91 Å². The molecule has 0 aliphatic rings. The Bertz CT molecular complexity index is 139. The molecule has 4 heteroatoms. The molecule has 0 bridgehead atoms. The predicted octanol–water partition coefficient (Wildman–Crippen LogP) is 0.845. The molecular formula is C8H16ClNO2. The van der Waals surface area contributed by atoms with Crippen molar-refractivity contribution >= 4 is 17.5 Å². The van der Waals surface area contributed by atoms with Crippen LogP contribution in [-0.2, 0) is 4.79 Å². The molecule has 3 nitrogen and oxygen atoms in total. The normalized spacial score (nSPS) is 12.7. The molecule has 1 N–H and O–H groups in total. The Labute approximate surface area is 78.3 Å². The molecule has 0 radical (unpaired) electrons. The van der Waals surface area contributed by atoms with Crippen LogP contribution in [0.15, 0.2) is 0 Å². The quantitative estimate of drug-likeness (QED) is 0.658. The maximum atomic E-state index is 11.1. The van der Waals surface area contributed by atoms with Crippen molar-refractivity contribution < 1.29 is 9.90 Å². The summed E-state index contributed by atoms with van der Waals surface area (Å²) >= 11 is 5.41. The fourth-order valence-corrected chi connectivity index (χ4v) is 0.939. The molecule has 0 aliphatic heterocycles. The Kier molecular flexibility index (Phi) is 6.11. The lowest BCUT2D eigenvalue weighted by Crippen LogP contribution is -2.29. The van der Waals surface area contributed by atoms with E-state index in [0.29, 0.717) is 25.3 Å². The van der Waals surface area contributed by atoms with Crippen LogP contribution in [-0.4, -0.2) is 41.5 Å². The second-order valence-electron chi connectivity index (χ2n) is 2.89. The van der Waals surface area contributed by atoms with Crippen molar-refractivity contribution in [3.8, 4) is 0 Å². The lowest BCUT2D eigenvalue weighted by atomic mass is 10.2. The first-order valence-corrected chi connectivity index (χ1v) is 4.59. The SMILES string of the molecule is CC(O)CCN(C)C(=O)CCCl. The minimum atomic E-state index is -0.351. The van der Waals surface area contributed by atoms with Gasteiger partial charge in [-0.3, -0.25) is 4.79 Å². The van der Waals surface area contributed by atoms with Gasteiger partial charge in [0.05, 0.1) is 6.10 Å². The second-order valence-corrected chi connectivity index (χ2v) is 3.27. The Morgan fingerprint density at radius 3 is 2.67 bits per heavy atom. The zero-order valence-electron chi connectivity index (χ0n) is 7.59. The summed E-state index contributed by atoms with van der Waals surface area (Å²) in [5, 5.41) is 8.95. The summed E-state index contributed by atoms with van der Waals surface area (Å²) in [5.41, 5.74) is 0. The van der Waals surface area contributed by atoms with Gasteiger partial charge in [-0.05, 0) is 13.3 Å². The molecular weight excluding hydrogens is 178 g/mol. The van der Waals surface area contributed by atoms with Gasteiger partial charge in [-0.1, -0.05) is 0 Å². The molecule has 0 heterocycles. The zero-order valence-corrected chi connectivity index (χ0v) is 8.34. The lowest BCUT2D eigenvalue weighted by molar-refractivity contribution is -0.129. The highest BCUT2D eigenvalue weighted by Crippen LogP contribution is 1.97. The first-order valence-electron chi connectivity index (χ1n) is 4.06. The first kappa shape index (κ1) is 11.7. The van der Waals surface area contributed by atoms with E-state index in [-0.39, 0.29) is 12.0 Å². The zero-order chi connectivity index (χ0) is 9.56. The van der Waals surface area contributed by atoms with Gasteiger partial charge >= 0.3 is 0 Å². The van der Waals surface area contributed by atoms with Gasteiger partial charge < -0.3 is 10.0 Å². The third-order valence-electron chi connectivity index (χ3n) is 1.62. The third kappa shape index (κ3) is 5.38. The summed E-state index contributed by atoms with van der Waals surface area (Å²) in [6.07, 6.45) is 0.638. The van der Waals surface area contributed by atoms with Crippen LogP contribution >= 0.6 is 11.6 Å². The van der Waals surface area contributed by atoms with E-state index in [1.54, 1.807) is 18.9 Å². The van der Waals surface area contributed by atoms with E-state index in [4.69, 9.17) is 16.7 Å². The molecule has 1 amide bonds. The highest BCUT2D eigenvalue weighted by molar-refractivity contribution is 6.18. The number of hydrogen-bond acceptors (Lipinski definition) is 2. The number of amides is 1. The summed E-state index contributed by atoms with van der Waals surface area (Å²) in [6, 6.07) is 0. The van der Waals surface area contributed by atoms with Crippen LogP contribution in [0.3, 0.4) is 0 Å². The van der Waals surface area contributed by atoms with E-state index in [2.05, 4.69) is 0 Å². The molecule has 12 heavy (non-hydrogen) atoms. The summed E-state index contributed by atoms with van der Waals surface area (Å²) in [5.74, 6) is 0.392. The van der Waals surface area contributed by atoms with Gasteiger partial charge in [0.25, 0.3) is 0 Å². The number of rotatable bonds is 5. The van der Waals surface area contributed by atoms with E-state index >= 15 is 0 Å². The Balaban J connectivity index is 3.56. The fraction of sp³-hybridized carbons (Fsp3) is 0.875. The van der Waals surface area contributed by atoms with Gasteiger partial charge in [0.15, 0.2) is 0 Å². The van der Waals surface area contributed by atoms with Crippen LogP contribution in [0.25, 0.3) is 0 Å². The Morgan fingerprint density at radius 2 is 2.25 bits per heavy atom. The van der Waals surface area contributed by atoms with Gasteiger partial charge in [-0.2, -0.15) is 0 Å². The lowest BCUT2D eigenvalue weighted by Gasteiger charge is -2.17. The summed E-state index contributed by atoms with van der Waals surface area (Å²) in [7, 11) is 1.72. The third-order valence-corrected chi connectivity index (χ3v) is 1.81. The fourth-order valence-electron chi connectivity index (χ4n) is 0.777. The van der Waals surface area contributed by atoms with E-state index in [9.17, 15) is 4.79 Å². The Hall–Kier alpha value is -0.280. The summed E-state index contributed by atoms with van der Waals surface area (Å²) in [6.45, 7) is 2.30. The van der Waals surface area contributed by atoms with E-state index in [0.717, 1.165) is 0 Å². The maximum absolute atomic E-state index is 11.1. The van der Waals surface area contributed by atoms with Gasteiger partial charge in [0, 0.05) is 25.9 Å². The number of aliphatic hydroxyl groups is 1. The predicted molar refractivity (Wildman–Crippen MR) is 49.3 cm³/mol. The van der Waals surface area contributed by atoms with Crippen LogP contribution in [0.4, 0.5) is 0 Å². The van der Waals surface area contributed by atoms with Gasteiger partial charge in [0.1, 0.15) is 0 Å². The summed E-state index contributed by atoms with van der Waals surface area (Å²) in [4.78, 5) is 12.7. The largest absolute Gasteiger partial charge is 0.393 e. The standard InChI is InChI=1S/C8H16ClNO2/c1-7(11)4-6-10(2)8(12)3-5-9/h7,11H,3-6H2,1-2H3. The summed E-state index contributed by atoms with van der Waals surface area (Å²) < 4.78 is 0. The molecule has 0 spiro atoms. The van der Waals surface area contributed by atoms with Crippen molar-refractivity contribution in [1.29, 1.82) is 0 Å². The van der Waals surface area contributed by atoms with Crippen molar-refractivity contribution in [2.24, 2.45) is 0 Å².